The van der Waals surface area contributed by atoms with E-state index in [4.69, 9.17) is 0 Å². The Morgan fingerprint density at radius 1 is 1.32 bits per heavy atom. The highest BCUT2D eigenvalue weighted by Gasteiger charge is 2.14. The largest absolute Gasteiger partial charge is 0.373 e. The number of carbonyl (C=O) groups is 1. The molecule has 1 aromatic heterocycles. The smallest absolute Gasteiger partial charge is 0.273 e. The van der Waals surface area contributed by atoms with Gasteiger partial charge in [-0.3, -0.25) is 10.1 Å². The highest BCUT2D eigenvalue weighted by Crippen LogP contribution is 2.21. The lowest BCUT2D eigenvalue weighted by Gasteiger charge is -2.16. The zero-order chi connectivity index (χ0) is 18.8. The van der Waals surface area contributed by atoms with E-state index in [-0.39, 0.29) is 5.91 Å². The van der Waals surface area contributed by atoms with E-state index in [2.05, 4.69) is 32.9 Å². The number of hydrogen-bond donors (Lipinski definition) is 2. The highest BCUT2D eigenvalue weighted by molar-refractivity contribution is 6.03. The third-order valence-electron chi connectivity index (χ3n) is 3.16. The van der Waals surface area contributed by atoms with Crippen molar-refractivity contribution in [2.24, 2.45) is 0 Å². The number of para-hydroxylation sites is 1. The van der Waals surface area contributed by atoms with Crippen molar-refractivity contribution in [2.75, 3.05) is 31.3 Å². The Labute approximate surface area is 149 Å². The van der Waals surface area contributed by atoms with Crippen LogP contribution in [-0.4, -0.2) is 41.4 Å². The van der Waals surface area contributed by atoms with Crippen molar-refractivity contribution in [3.8, 4) is 12.3 Å². The summed E-state index contributed by atoms with van der Waals surface area (Å²) < 4.78 is 0. The Hall–Kier alpha value is -3.07. The van der Waals surface area contributed by atoms with Crippen LogP contribution in [0.3, 0.4) is 0 Å². The van der Waals surface area contributed by atoms with Crippen molar-refractivity contribution < 1.29 is 4.79 Å². The van der Waals surface area contributed by atoms with E-state index in [1.54, 1.807) is 17.9 Å². The first-order valence-corrected chi connectivity index (χ1v) is 8.01. The molecule has 0 unspecified atom stereocenters. The molecule has 1 amide bonds. The van der Waals surface area contributed by atoms with Crippen LogP contribution in [0.2, 0.25) is 0 Å². The van der Waals surface area contributed by atoms with E-state index in [0.29, 0.717) is 11.6 Å². The van der Waals surface area contributed by atoms with Crippen LogP contribution in [0.5, 0.6) is 0 Å². The minimum absolute atomic E-state index is 0.231. The van der Waals surface area contributed by atoms with E-state index >= 15 is 0 Å². The minimum atomic E-state index is -0.231. The van der Waals surface area contributed by atoms with Gasteiger partial charge in [-0.15, -0.1) is 12.3 Å². The lowest BCUT2D eigenvalue weighted by atomic mass is 10.2. The molecule has 132 valence electrons. The van der Waals surface area contributed by atoms with E-state index in [9.17, 15) is 4.79 Å². The summed E-state index contributed by atoms with van der Waals surface area (Å²) in [4.78, 5) is 22.8. The normalized spacial score (nSPS) is 10.3. The molecule has 1 aromatic carbocycles. The number of carbonyl (C=O) groups excluding carboxylic acids is 1. The van der Waals surface area contributed by atoms with E-state index in [0.717, 1.165) is 23.3 Å². The molecule has 2 N–H and O–H groups in total. The van der Waals surface area contributed by atoms with Gasteiger partial charge in [0.1, 0.15) is 5.82 Å². The van der Waals surface area contributed by atoms with Crippen LogP contribution in [-0.2, 0) is 4.79 Å². The number of anilines is 2. The molecule has 2 aromatic rings. The fraction of sp³-hybridized carbons (Fsp3) is 0.316. The predicted molar refractivity (Wildman–Crippen MR) is 104 cm³/mol. The molecule has 0 fully saturated rings. The van der Waals surface area contributed by atoms with Crippen LogP contribution < -0.4 is 10.6 Å². The highest BCUT2D eigenvalue weighted by atomic mass is 16.2. The summed E-state index contributed by atoms with van der Waals surface area (Å²) in [7, 11) is 3.64. The van der Waals surface area contributed by atoms with Crippen LogP contribution in [0.4, 0.5) is 11.8 Å². The van der Waals surface area contributed by atoms with Gasteiger partial charge in [-0.1, -0.05) is 18.2 Å². The Morgan fingerprint density at radius 3 is 2.52 bits per heavy atom. The number of benzene rings is 1. The summed E-state index contributed by atoms with van der Waals surface area (Å²) in [6.07, 6.45) is 6.35. The summed E-state index contributed by atoms with van der Waals surface area (Å²) >= 11 is 0. The van der Waals surface area contributed by atoms with Crippen molar-refractivity contribution in [3.63, 3.8) is 0 Å². The molecule has 0 atom stereocenters. The molecule has 0 aliphatic heterocycles. The molecule has 0 saturated carbocycles. The summed E-state index contributed by atoms with van der Waals surface area (Å²) in [6, 6.07) is 7.70. The number of terminal acetylenes is 1. The molecular weight excluding hydrogens is 314 g/mol. The van der Waals surface area contributed by atoms with Crippen LogP contribution in [0.15, 0.2) is 36.0 Å². The van der Waals surface area contributed by atoms with E-state index in [1.807, 2.05) is 52.2 Å². The molecular formula is C19H25N5O. The second-order valence-electron chi connectivity index (χ2n) is 5.25. The van der Waals surface area contributed by atoms with Crippen LogP contribution in [0.25, 0.3) is 10.9 Å². The summed E-state index contributed by atoms with van der Waals surface area (Å²) in [5, 5.41) is 6.89. The average Bonchev–Trinajstić information content (AvgIpc) is 2.56. The molecule has 25 heavy (non-hydrogen) atoms. The maximum atomic E-state index is 12.3. The van der Waals surface area contributed by atoms with Crippen LogP contribution in [0, 0.1) is 12.3 Å². The van der Waals surface area contributed by atoms with Gasteiger partial charge in [-0.05, 0) is 32.9 Å². The van der Waals surface area contributed by atoms with Gasteiger partial charge in [0, 0.05) is 26.0 Å². The molecule has 0 bridgehead atoms. The number of likely N-dealkylation sites (N-methyl/N-ethyl adjacent to an activating group) is 1. The van der Waals surface area contributed by atoms with Crippen molar-refractivity contribution in [2.45, 2.75) is 20.8 Å². The molecule has 1 heterocycles. The number of aromatic nitrogens is 2. The standard InChI is InChI=1S/C16H21N5O.C3H4/c1-5-13(21(3)4)15(22)20-16-18-12-10-8-7-9-11(12)14(19-16)17-6-2;1-3-2/h5,7-10H,6H2,1-4H3,(H2,17,18,19,20,22);1H,2H3/b13-5-;. The lowest BCUT2D eigenvalue weighted by Crippen LogP contribution is -2.25. The lowest BCUT2D eigenvalue weighted by molar-refractivity contribution is -0.114. The molecule has 6 heteroatoms. The zero-order valence-electron chi connectivity index (χ0n) is 15.4. The molecule has 0 saturated heterocycles. The maximum absolute atomic E-state index is 12.3. The molecule has 0 spiro atoms. The van der Waals surface area contributed by atoms with Gasteiger partial charge in [-0.2, -0.15) is 4.98 Å². The van der Waals surface area contributed by atoms with Gasteiger partial charge in [0.05, 0.1) is 11.2 Å². The molecule has 2 rings (SSSR count). The zero-order valence-corrected chi connectivity index (χ0v) is 15.4. The Kier molecular flexibility index (Phi) is 7.94. The van der Waals surface area contributed by atoms with Gasteiger partial charge in [-0.25, -0.2) is 4.98 Å². The van der Waals surface area contributed by atoms with Gasteiger partial charge in [0.2, 0.25) is 5.95 Å². The Bertz CT molecular complexity index is 790. The van der Waals surface area contributed by atoms with E-state index in [1.165, 1.54) is 0 Å². The summed E-state index contributed by atoms with van der Waals surface area (Å²) in [5.41, 5.74) is 1.34. The third kappa shape index (κ3) is 5.50. The Balaban J connectivity index is 0.000000970. The van der Waals surface area contributed by atoms with Crippen molar-refractivity contribution >= 4 is 28.6 Å². The van der Waals surface area contributed by atoms with Crippen molar-refractivity contribution in [3.05, 3.63) is 36.0 Å². The maximum Gasteiger partial charge on any atom is 0.273 e. The van der Waals surface area contributed by atoms with Gasteiger partial charge in [0.25, 0.3) is 5.91 Å². The molecule has 0 radical (unpaired) electrons. The minimum Gasteiger partial charge on any atom is -0.373 e. The molecule has 0 aliphatic rings. The quantitative estimate of drug-likeness (QED) is 0.647. The topological polar surface area (TPSA) is 70.1 Å². The summed E-state index contributed by atoms with van der Waals surface area (Å²) in [6.45, 7) is 6.21. The number of nitrogens with one attached hydrogen (secondary N) is 2. The molecule has 0 aliphatic carbocycles. The number of hydrogen-bond acceptors (Lipinski definition) is 5. The summed E-state index contributed by atoms with van der Waals surface area (Å²) in [5.74, 6) is 3.03. The SMILES string of the molecule is C#CC.C/C=C(/C(=O)Nc1nc(NCC)c2ccccc2n1)N(C)C. The van der Waals surface area contributed by atoms with Crippen LogP contribution in [0.1, 0.15) is 20.8 Å². The average molecular weight is 339 g/mol. The Morgan fingerprint density at radius 2 is 1.96 bits per heavy atom. The number of fused-ring (bicyclic) bond motifs is 1. The first-order valence-electron chi connectivity index (χ1n) is 8.01. The van der Waals surface area contributed by atoms with Gasteiger partial charge < -0.3 is 10.2 Å². The third-order valence-corrected chi connectivity index (χ3v) is 3.16. The fourth-order valence-electron chi connectivity index (χ4n) is 2.19. The number of amides is 1. The second kappa shape index (κ2) is 9.93. The fourth-order valence-corrected chi connectivity index (χ4v) is 2.19. The van der Waals surface area contributed by atoms with E-state index < -0.39 is 0 Å². The number of rotatable bonds is 5. The van der Waals surface area contributed by atoms with Crippen molar-refractivity contribution in [1.82, 2.24) is 14.9 Å². The first-order chi connectivity index (χ1) is 12.0. The van der Waals surface area contributed by atoms with Crippen molar-refractivity contribution in [1.29, 1.82) is 0 Å². The first kappa shape index (κ1) is 20.0. The number of allylic oxidation sites excluding steroid dienone is 1. The van der Waals surface area contributed by atoms with Gasteiger partial charge >= 0.3 is 0 Å². The second-order valence-corrected chi connectivity index (χ2v) is 5.25. The monoisotopic (exact) mass is 339 g/mol. The number of nitrogens with zero attached hydrogens (tertiary/aromatic N) is 3. The molecule has 6 nitrogen and oxygen atoms in total. The van der Waals surface area contributed by atoms with Crippen LogP contribution >= 0.6 is 0 Å². The predicted octanol–water partition coefficient (Wildman–Crippen LogP) is 3.11. The van der Waals surface area contributed by atoms with Gasteiger partial charge in [0.15, 0.2) is 0 Å².